The standard InChI is InChI=1S/C12H16N2O4/c1-3-14(4-2)12(17)10-7-9(5-6-13-10)18-8-11(15)16/h5-7H,3-4,8H2,1-2H3,(H,15,16). The third-order valence-corrected chi connectivity index (χ3v) is 2.36. The van der Waals surface area contributed by atoms with E-state index < -0.39 is 12.6 Å². The van der Waals surface area contributed by atoms with Crippen molar-refractivity contribution < 1.29 is 19.4 Å². The number of aliphatic carboxylic acids is 1. The van der Waals surface area contributed by atoms with Gasteiger partial charge in [-0.05, 0) is 19.9 Å². The second kappa shape index (κ2) is 6.58. The van der Waals surface area contributed by atoms with Crippen molar-refractivity contribution in [3.8, 4) is 5.75 Å². The van der Waals surface area contributed by atoms with Crippen molar-refractivity contribution in [1.82, 2.24) is 9.88 Å². The van der Waals surface area contributed by atoms with Crippen molar-refractivity contribution in [3.63, 3.8) is 0 Å². The van der Waals surface area contributed by atoms with Crippen molar-refractivity contribution in [2.24, 2.45) is 0 Å². The Morgan fingerprint density at radius 2 is 2.06 bits per heavy atom. The van der Waals surface area contributed by atoms with Crippen molar-refractivity contribution in [3.05, 3.63) is 24.0 Å². The number of rotatable bonds is 6. The molecule has 98 valence electrons. The normalized spacial score (nSPS) is 9.89. The lowest BCUT2D eigenvalue weighted by Gasteiger charge is -2.18. The van der Waals surface area contributed by atoms with E-state index in [4.69, 9.17) is 9.84 Å². The minimum Gasteiger partial charge on any atom is -0.482 e. The van der Waals surface area contributed by atoms with Crippen LogP contribution in [0.1, 0.15) is 24.3 Å². The van der Waals surface area contributed by atoms with Crippen LogP contribution in [-0.2, 0) is 4.79 Å². The summed E-state index contributed by atoms with van der Waals surface area (Å²) >= 11 is 0. The van der Waals surface area contributed by atoms with E-state index in [0.717, 1.165) is 0 Å². The number of carbonyl (C=O) groups excluding carboxylic acids is 1. The summed E-state index contributed by atoms with van der Waals surface area (Å²) in [6.07, 6.45) is 1.42. The van der Waals surface area contributed by atoms with E-state index >= 15 is 0 Å². The monoisotopic (exact) mass is 252 g/mol. The van der Waals surface area contributed by atoms with Crippen LogP contribution in [0.25, 0.3) is 0 Å². The number of hydrogen-bond donors (Lipinski definition) is 1. The molecule has 0 spiro atoms. The molecule has 1 rings (SSSR count). The summed E-state index contributed by atoms with van der Waals surface area (Å²) < 4.78 is 4.99. The topological polar surface area (TPSA) is 79.7 Å². The van der Waals surface area contributed by atoms with Gasteiger partial charge in [-0.15, -0.1) is 0 Å². The molecule has 1 aromatic rings. The van der Waals surface area contributed by atoms with Crippen molar-refractivity contribution >= 4 is 11.9 Å². The summed E-state index contributed by atoms with van der Waals surface area (Å²) in [5.41, 5.74) is 0.251. The van der Waals surface area contributed by atoms with Gasteiger partial charge in [0.05, 0.1) is 0 Å². The average molecular weight is 252 g/mol. The van der Waals surface area contributed by atoms with Crippen LogP contribution >= 0.6 is 0 Å². The number of carboxylic acids is 1. The highest BCUT2D eigenvalue weighted by atomic mass is 16.5. The molecule has 0 saturated heterocycles. The molecule has 0 bridgehead atoms. The Morgan fingerprint density at radius 3 is 2.61 bits per heavy atom. The van der Waals surface area contributed by atoms with E-state index in [2.05, 4.69) is 4.98 Å². The molecule has 0 aliphatic carbocycles. The van der Waals surface area contributed by atoms with Gasteiger partial charge in [-0.2, -0.15) is 0 Å². The highest BCUT2D eigenvalue weighted by molar-refractivity contribution is 5.92. The summed E-state index contributed by atoms with van der Waals surface area (Å²) in [6, 6.07) is 2.96. The number of nitrogens with zero attached hydrogens (tertiary/aromatic N) is 2. The molecule has 0 saturated carbocycles. The van der Waals surface area contributed by atoms with E-state index in [0.29, 0.717) is 18.8 Å². The zero-order valence-corrected chi connectivity index (χ0v) is 10.4. The molecule has 6 nitrogen and oxygen atoms in total. The Balaban J connectivity index is 2.81. The zero-order chi connectivity index (χ0) is 13.5. The summed E-state index contributed by atoms with van der Waals surface area (Å²) in [6.45, 7) is 4.51. The number of hydrogen-bond acceptors (Lipinski definition) is 4. The average Bonchev–Trinajstić information content (AvgIpc) is 2.38. The molecule has 18 heavy (non-hydrogen) atoms. The van der Waals surface area contributed by atoms with Crippen LogP contribution in [-0.4, -0.2) is 46.6 Å². The number of carboxylic acid groups (broad SMARTS) is 1. The maximum atomic E-state index is 12.0. The van der Waals surface area contributed by atoms with E-state index in [1.54, 1.807) is 4.90 Å². The van der Waals surface area contributed by atoms with Gasteiger partial charge in [0.1, 0.15) is 11.4 Å². The van der Waals surface area contributed by atoms with Crippen LogP contribution in [0.3, 0.4) is 0 Å². The first-order valence-electron chi connectivity index (χ1n) is 5.68. The first-order valence-corrected chi connectivity index (χ1v) is 5.68. The Morgan fingerprint density at radius 1 is 1.39 bits per heavy atom. The molecule has 1 aromatic heterocycles. The van der Waals surface area contributed by atoms with Gasteiger partial charge in [-0.1, -0.05) is 0 Å². The molecule has 1 heterocycles. The van der Waals surface area contributed by atoms with Gasteiger partial charge in [-0.3, -0.25) is 9.78 Å². The van der Waals surface area contributed by atoms with Crippen LogP contribution in [0, 0.1) is 0 Å². The predicted octanol–water partition coefficient (Wildman–Crippen LogP) is 1.03. The molecule has 0 radical (unpaired) electrons. The van der Waals surface area contributed by atoms with Crippen LogP contribution < -0.4 is 4.74 Å². The number of amides is 1. The molecule has 0 unspecified atom stereocenters. The quantitative estimate of drug-likeness (QED) is 0.817. The maximum Gasteiger partial charge on any atom is 0.341 e. The third-order valence-electron chi connectivity index (χ3n) is 2.36. The van der Waals surface area contributed by atoms with Crippen molar-refractivity contribution in [1.29, 1.82) is 0 Å². The fourth-order valence-corrected chi connectivity index (χ4v) is 1.44. The molecule has 0 aliphatic heterocycles. The maximum absolute atomic E-state index is 12.0. The summed E-state index contributed by atoms with van der Waals surface area (Å²) in [7, 11) is 0. The van der Waals surface area contributed by atoms with E-state index in [1.807, 2.05) is 13.8 Å². The molecule has 1 amide bonds. The third kappa shape index (κ3) is 3.73. The number of carbonyl (C=O) groups is 2. The Hall–Kier alpha value is -2.11. The first kappa shape index (κ1) is 14.0. The lowest BCUT2D eigenvalue weighted by atomic mass is 10.3. The molecular weight excluding hydrogens is 236 g/mol. The highest BCUT2D eigenvalue weighted by Crippen LogP contribution is 2.12. The largest absolute Gasteiger partial charge is 0.482 e. The van der Waals surface area contributed by atoms with Gasteiger partial charge in [0, 0.05) is 25.4 Å². The lowest BCUT2D eigenvalue weighted by Crippen LogP contribution is -2.31. The molecule has 6 heteroatoms. The number of pyridine rings is 1. The first-order chi connectivity index (χ1) is 8.58. The second-order valence-electron chi connectivity index (χ2n) is 3.54. The van der Waals surface area contributed by atoms with Crippen molar-refractivity contribution in [2.75, 3.05) is 19.7 Å². The number of ether oxygens (including phenoxy) is 1. The Labute approximate surface area is 105 Å². The second-order valence-corrected chi connectivity index (χ2v) is 3.54. The Kier molecular flexibility index (Phi) is 5.10. The molecule has 0 fully saturated rings. The van der Waals surface area contributed by atoms with E-state index in [9.17, 15) is 9.59 Å². The van der Waals surface area contributed by atoms with Gasteiger partial charge in [-0.25, -0.2) is 4.79 Å². The van der Waals surface area contributed by atoms with Crippen LogP contribution in [0.5, 0.6) is 5.75 Å². The minimum atomic E-state index is -1.07. The van der Waals surface area contributed by atoms with Crippen molar-refractivity contribution in [2.45, 2.75) is 13.8 Å². The smallest absolute Gasteiger partial charge is 0.341 e. The van der Waals surface area contributed by atoms with Crippen LogP contribution in [0.4, 0.5) is 0 Å². The molecule has 0 aromatic carbocycles. The van der Waals surface area contributed by atoms with Gasteiger partial charge in [0.2, 0.25) is 0 Å². The SMILES string of the molecule is CCN(CC)C(=O)c1cc(OCC(=O)O)ccn1. The van der Waals surface area contributed by atoms with Gasteiger partial charge in [0.15, 0.2) is 6.61 Å². The number of aromatic nitrogens is 1. The highest BCUT2D eigenvalue weighted by Gasteiger charge is 2.14. The Bertz CT molecular complexity index is 430. The van der Waals surface area contributed by atoms with Crippen LogP contribution in [0.2, 0.25) is 0 Å². The minimum absolute atomic E-state index is 0.194. The van der Waals surface area contributed by atoms with Gasteiger partial charge >= 0.3 is 5.97 Å². The van der Waals surface area contributed by atoms with E-state index in [1.165, 1.54) is 18.3 Å². The van der Waals surface area contributed by atoms with Gasteiger partial charge in [0.25, 0.3) is 5.91 Å². The predicted molar refractivity (Wildman–Crippen MR) is 64.6 cm³/mol. The fourth-order valence-electron chi connectivity index (χ4n) is 1.44. The fraction of sp³-hybridized carbons (Fsp3) is 0.417. The lowest BCUT2D eigenvalue weighted by molar-refractivity contribution is -0.139. The molecule has 1 N–H and O–H groups in total. The van der Waals surface area contributed by atoms with Crippen LogP contribution in [0.15, 0.2) is 18.3 Å². The van der Waals surface area contributed by atoms with Gasteiger partial charge < -0.3 is 14.7 Å². The summed E-state index contributed by atoms with van der Waals surface area (Å²) in [5.74, 6) is -0.938. The molecular formula is C12H16N2O4. The summed E-state index contributed by atoms with van der Waals surface area (Å²) in [4.78, 5) is 28.0. The summed E-state index contributed by atoms with van der Waals surface area (Å²) in [5, 5.41) is 8.50. The zero-order valence-electron chi connectivity index (χ0n) is 10.4. The molecule has 0 aliphatic rings. The van der Waals surface area contributed by atoms with E-state index in [-0.39, 0.29) is 11.6 Å². The molecule has 0 atom stereocenters.